The van der Waals surface area contributed by atoms with Crippen molar-refractivity contribution in [3.05, 3.63) is 81.4 Å². The van der Waals surface area contributed by atoms with Gasteiger partial charge in [-0.1, -0.05) is 12.1 Å². The van der Waals surface area contributed by atoms with Gasteiger partial charge in [-0.05, 0) is 82.8 Å². The van der Waals surface area contributed by atoms with Gasteiger partial charge in [-0.3, -0.25) is 0 Å². The molecule has 0 radical (unpaired) electrons. The van der Waals surface area contributed by atoms with Crippen LogP contribution in [0.15, 0.2) is 66.7 Å². The van der Waals surface area contributed by atoms with Gasteiger partial charge in [0.15, 0.2) is 5.82 Å². The van der Waals surface area contributed by atoms with Crippen LogP contribution in [-0.2, 0) is 12.8 Å². The van der Waals surface area contributed by atoms with Crippen molar-refractivity contribution in [2.24, 2.45) is 0 Å². The minimum atomic E-state index is -4.38. The summed E-state index contributed by atoms with van der Waals surface area (Å²) in [6.45, 7) is 0.0291. The monoisotopic (exact) mass is 521 g/mol. The highest BCUT2D eigenvalue weighted by atomic mass is 127. The molecule has 0 fully saturated rings. The zero-order valence-corrected chi connectivity index (χ0v) is 17.6. The molecule has 4 aromatic rings. The van der Waals surface area contributed by atoms with Gasteiger partial charge in [-0.25, -0.2) is 9.97 Å². The van der Waals surface area contributed by atoms with E-state index >= 15 is 0 Å². The highest BCUT2D eigenvalue weighted by Gasteiger charge is 2.30. The number of aromatic nitrogens is 2. The van der Waals surface area contributed by atoms with E-state index in [1.54, 1.807) is 30.3 Å². The molecule has 4 rings (SSSR count). The molecule has 0 amide bonds. The molecule has 0 aliphatic heterocycles. The second-order valence-electron chi connectivity index (χ2n) is 6.61. The van der Waals surface area contributed by atoms with Crippen molar-refractivity contribution in [3.63, 3.8) is 0 Å². The molecule has 1 heterocycles. The second-order valence-corrected chi connectivity index (χ2v) is 7.85. The highest BCUT2D eigenvalue weighted by Crippen LogP contribution is 2.30. The first-order chi connectivity index (χ1) is 14.3. The molecule has 2 N–H and O–H groups in total. The maximum atomic E-state index is 12.8. The summed E-state index contributed by atoms with van der Waals surface area (Å²) in [6, 6.07) is 17.9. The number of nitrogens with zero attached hydrogens (tertiary/aromatic N) is 2. The Morgan fingerprint density at radius 3 is 2.43 bits per heavy atom. The molecule has 0 aliphatic rings. The van der Waals surface area contributed by atoms with Gasteiger partial charge in [0.05, 0.1) is 11.1 Å². The number of anilines is 1. The summed E-state index contributed by atoms with van der Waals surface area (Å²) in [6.07, 6.45) is -4.38. The zero-order valence-electron chi connectivity index (χ0n) is 15.4. The van der Waals surface area contributed by atoms with Crippen LogP contribution in [0.3, 0.4) is 0 Å². The third-order valence-electron chi connectivity index (χ3n) is 4.46. The Kier molecular flexibility index (Phi) is 5.50. The van der Waals surface area contributed by atoms with Gasteiger partial charge in [0.25, 0.3) is 0 Å². The Balaban J connectivity index is 1.51. The fourth-order valence-electron chi connectivity index (χ4n) is 2.96. The number of hydrogen-bond acceptors (Lipinski definition) is 4. The van der Waals surface area contributed by atoms with Crippen LogP contribution < -0.4 is 10.5 Å². The third kappa shape index (κ3) is 4.48. The normalized spacial score (nSPS) is 11.6. The van der Waals surface area contributed by atoms with E-state index in [1.807, 2.05) is 18.2 Å². The van der Waals surface area contributed by atoms with E-state index in [0.717, 1.165) is 32.2 Å². The lowest BCUT2D eigenvalue weighted by atomic mass is 10.1. The maximum absolute atomic E-state index is 12.8. The van der Waals surface area contributed by atoms with Crippen molar-refractivity contribution in [3.8, 4) is 17.1 Å². The molecule has 0 saturated heterocycles. The van der Waals surface area contributed by atoms with Crippen molar-refractivity contribution < 1.29 is 17.9 Å². The lowest BCUT2D eigenvalue weighted by Crippen LogP contribution is -2.06. The van der Waals surface area contributed by atoms with Crippen molar-refractivity contribution in [1.82, 2.24) is 9.97 Å². The molecule has 152 valence electrons. The van der Waals surface area contributed by atoms with Gasteiger partial charge in [0.2, 0.25) is 0 Å². The van der Waals surface area contributed by atoms with Gasteiger partial charge < -0.3 is 10.5 Å². The van der Waals surface area contributed by atoms with Crippen LogP contribution in [0.5, 0.6) is 5.75 Å². The summed E-state index contributed by atoms with van der Waals surface area (Å²) in [5, 5.41) is 0.798. The summed E-state index contributed by atoms with van der Waals surface area (Å²) in [7, 11) is 0. The number of benzene rings is 3. The lowest BCUT2D eigenvalue weighted by Gasteiger charge is -2.10. The summed E-state index contributed by atoms with van der Waals surface area (Å²) in [5.74, 6) is 1.42. The molecule has 1 aromatic heterocycles. The highest BCUT2D eigenvalue weighted by molar-refractivity contribution is 14.1. The van der Waals surface area contributed by atoms with E-state index in [-0.39, 0.29) is 6.61 Å². The smallest absolute Gasteiger partial charge is 0.416 e. The Morgan fingerprint density at radius 1 is 0.933 bits per heavy atom. The van der Waals surface area contributed by atoms with Crippen molar-refractivity contribution in [1.29, 1.82) is 0 Å². The van der Waals surface area contributed by atoms with E-state index in [0.29, 0.717) is 23.0 Å². The molecule has 30 heavy (non-hydrogen) atoms. The quantitative estimate of drug-likeness (QED) is 0.331. The predicted octanol–water partition coefficient (Wildman–Crippen LogP) is 6.08. The Hall–Kier alpha value is -2.88. The second kappa shape index (κ2) is 8.10. The van der Waals surface area contributed by atoms with E-state index < -0.39 is 11.7 Å². The molecular weight excluding hydrogens is 506 g/mol. The van der Waals surface area contributed by atoms with Crippen LogP contribution in [0.1, 0.15) is 11.1 Å². The topological polar surface area (TPSA) is 61.0 Å². The van der Waals surface area contributed by atoms with E-state index in [9.17, 15) is 13.2 Å². The largest absolute Gasteiger partial charge is 0.489 e. The number of halogens is 4. The van der Waals surface area contributed by atoms with Crippen LogP contribution in [0.2, 0.25) is 0 Å². The number of hydrogen-bond donors (Lipinski definition) is 1. The van der Waals surface area contributed by atoms with Gasteiger partial charge in [-0.2, -0.15) is 13.2 Å². The first kappa shape index (κ1) is 20.4. The molecule has 8 heteroatoms. The minimum absolute atomic E-state index is 0.0291. The zero-order chi connectivity index (χ0) is 21.3. The lowest BCUT2D eigenvalue weighted by molar-refractivity contribution is -0.137. The van der Waals surface area contributed by atoms with Crippen molar-refractivity contribution in [2.45, 2.75) is 12.8 Å². The first-order valence-electron chi connectivity index (χ1n) is 8.92. The third-order valence-corrected chi connectivity index (χ3v) is 5.13. The summed E-state index contributed by atoms with van der Waals surface area (Å²) in [4.78, 5) is 8.95. The van der Waals surface area contributed by atoms with Crippen LogP contribution >= 0.6 is 22.6 Å². The first-order valence-corrected chi connectivity index (χ1v) is 9.99. The number of nitrogens with two attached hydrogens (primary N) is 1. The average molecular weight is 521 g/mol. The van der Waals surface area contributed by atoms with Crippen LogP contribution in [0, 0.1) is 3.57 Å². The summed E-state index contributed by atoms with van der Waals surface area (Å²) < 4.78 is 45.1. The summed E-state index contributed by atoms with van der Waals surface area (Å²) in [5.41, 5.74) is 7.34. The minimum Gasteiger partial charge on any atom is -0.489 e. The van der Waals surface area contributed by atoms with Gasteiger partial charge in [0, 0.05) is 14.5 Å². The van der Waals surface area contributed by atoms with Crippen LogP contribution in [0.4, 0.5) is 19.0 Å². The Labute approximate surface area is 184 Å². The van der Waals surface area contributed by atoms with E-state index in [1.165, 1.54) is 6.07 Å². The SMILES string of the molecule is Nc1nc(-c2ccc(OCc3cccc(C(F)(F)F)c3)cc2)nc2ccc(I)cc12. The average Bonchev–Trinajstić information content (AvgIpc) is 2.73. The van der Waals surface area contributed by atoms with E-state index in [4.69, 9.17) is 10.5 Å². The number of fused-ring (bicyclic) bond motifs is 1. The summed E-state index contributed by atoms with van der Waals surface area (Å²) >= 11 is 2.21. The molecule has 0 bridgehead atoms. The van der Waals surface area contributed by atoms with Gasteiger partial charge >= 0.3 is 6.18 Å². The number of nitrogen functional groups attached to an aromatic ring is 1. The fourth-order valence-corrected chi connectivity index (χ4v) is 3.45. The maximum Gasteiger partial charge on any atom is 0.416 e. The number of alkyl halides is 3. The molecule has 0 saturated carbocycles. The molecule has 0 spiro atoms. The Morgan fingerprint density at radius 2 is 1.70 bits per heavy atom. The molecule has 0 atom stereocenters. The number of ether oxygens (including phenoxy) is 1. The molecular formula is C22H15F3IN3O. The van der Waals surface area contributed by atoms with Crippen molar-refractivity contribution in [2.75, 3.05) is 5.73 Å². The van der Waals surface area contributed by atoms with Crippen LogP contribution in [0.25, 0.3) is 22.3 Å². The van der Waals surface area contributed by atoms with Crippen molar-refractivity contribution >= 4 is 39.3 Å². The van der Waals surface area contributed by atoms with Gasteiger partial charge in [-0.15, -0.1) is 0 Å². The molecule has 3 aromatic carbocycles. The van der Waals surface area contributed by atoms with Gasteiger partial charge in [0.1, 0.15) is 18.2 Å². The standard InChI is InChI=1S/C22H15F3IN3O/c23-22(24,25)15-3-1-2-13(10-15)12-30-17-7-4-14(5-8-17)21-28-19-9-6-16(26)11-18(19)20(27)29-21/h1-11H,12H2,(H2,27,28,29). The fraction of sp³-hybridized carbons (Fsp3) is 0.0909. The molecule has 0 aliphatic carbocycles. The molecule has 0 unspecified atom stereocenters. The van der Waals surface area contributed by atoms with Crippen LogP contribution in [-0.4, -0.2) is 9.97 Å². The number of rotatable bonds is 4. The van der Waals surface area contributed by atoms with E-state index in [2.05, 4.69) is 32.6 Å². The Bertz CT molecular complexity index is 1210. The molecule has 4 nitrogen and oxygen atoms in total. The predicted molar refractivity (Wildman–Crippen MR) is 118 cm³/mol.